The monoisotopic (exact) mass is 238 g/mol. The van der Waals surface area contributed by atoms with Crippen molar-refractivity contribution >= 4 is 11.4 Å². The lowest BCUT2D eigenvalue weighted by atomic mass is 10.2. The summed E-state index contributed by atoms with van der Waals surface area (Å²) in [6.45, 7) is 4.38. The molecule has 1 aliphatic heterocycles. The molecule has 0 spiro atoms. The van der Waals surface area contributed by atoms with Crippen LogP contribution in [0.25, 0.3) is 0 Å². The van der Waals surface area contributed by atoms with Gasteiger partial charge in [0.05, 0.1) is 0 Å². The van der Waals surface area contributed by atoms with E-state index in [4.69, 9.17) is 0 Å². The van der Waals surface area contributed by atoms with Gasteiger partial charge in [0.1, 0.15) is 0 Å². The van der Waals surface area contributed by atoms with Gasteiger partial charge in [-0.05, 0) is 24.3 Å². The zero-order valence-corrected chi connectivity index (χ0v) is 10.5. The van der Waals surface area contributed by atoms with Crippen LogP contribution in [-0.4, -0.2) is 26.2 Å². The van der Waals surface area contributed by atoms with E-state index in [0.29, 0.717) is 0 Å². The number of benzene rings is 2. The van der Waals surface area contributed by atoms with E-state index in [2.05, 4.69) is 70.5 Å². The lowest BCUT2D eigenvalue weighted by Crippen LogP contribution is -2.46. The van der Waals surface area contributed by atoms with Crippen molar-refractivity contribution < 1.29 is 0 Å². The van der Waals surface area contributed by atoms with Gasteiger partial charge in [-0.15, -0.1) is 0 Å². The van der Waals surface area contributed by atoms with Crippen LogP contribution < -0.4 is 9.80 Å². The fourth-order valence-electron chi connectivity index (χ4n) is 2.50. The topological polar surface area (TPSA) is 6.48 Å². The third-order valence-corrected chi connectivity index (χ3v) is 3.52. The molecule has 0 aromatic heterocycles. The molecule has 0 amide bonds. The highest BCUT2D eigenvalue weighted by Crippen LogP contribution is 2.19. The SMILES string of the molecule is c1ccc(N2CCN(c3ccccc3)CC2)cc1. The molecule has 92 valence electrons. The second kappa shape index (κ2) is 5.13. The molecule has 0 radical (unpaired) electrons. The van der Waals surface area contributed by atoms with E-state index in [0.717, 1.165) is 26.2 Å². The highest BCUT2D eigenvalue weighted by molar-refractivity contribution is 5.51. The van der Waals surface area contributed by atoms with Gasteiger partial charge in [-0.25, -0.2) is 0 Å². The van der Waals surface area contributed by atoms with Gasteiger partial charge in [0.2, 0.25) is 0 Å². The third-order valence-electron chi connectivity index (χ3n) is 3.52. The number of anilines is 2. The third kappa shape index (κ3) is 2.33. The molecule has 0 bridgehead atoms. The molecule has 1 aliphatic rings. The fraction of sp³-hybridized carbons (Fsp3) is 0.250. The molecule has 2 aromatic carbocycles. The summed E-state index contributed by atoms with van der Waals surface area (Å²) in [7, 11) is 0. The Morgan fingerprint density at radius 3 is 1.17 bits per heavy atom. The normalized spacial score (nSPS) is 15.8. The minimum atomic E-state index is 1.10. The van der Waals surface area contributed by atoms with Gasteiger partial charge in [-0.2, -0.15) is 0 Å². The number of piperazine rings is 1. The van der Waals surface area contributed by atoms with Gasteiger partial charge >= 0.3 is 0 Å². The van der Waals surface area contributed by atoms with Crippen LogP contribution in [0.2, 0.25) is 0 Å². The molecule has 0 atom stereocenters. The zero-order valence-electron chi connectivity index (χ0n) is 10.5. The average molecular weight is 238 g/mol. The molecule has 2 nitrogen and oxygen atoms in total. The molecule has 0 unspecified atom stereocenters. The first kappa shape index (κ1) is 11.1. The minimum absolute atomic E-state index is 1.10. The molecule has 0 N–H and O–H groups in total. The summed E-state index contributed by atoms with van der Waals surface area (Å²) in [5, 5.41) is 0. The van der Waals surface area contributed by atoms with Gasteiger partial charge in [-0.3, -0.25) is 0 Å². The average Bonchev–Trinajstić information content (AvgIpc) is 2.49. The first-order valence-corrected chi connectivity index (χ1v) is 6.53. The molecule has 0 saturated carbocycles. The standard InChI is InChI=1S/C16H18N2/c1-3-7-15(8-4-1)17-11-13-18(14-12-17)16-9-5-2-6-10-16/h1-10H,11-14H2. The van der Waals surface area contributed by atoms with Crippen molar-refractivity contribution in [1.82, 2.24) is 0 Å². The second-order valence-corrected chi connectivity index (χ2v) is 4.65. The van der Waals surface area contributed by atoms with Crippen LogP contribution in [-0.2, 0) is 0 Å². The number of nitrogens with zero attached hydrogens (tertiary/aromatic N) is 2. The van der Waals surface area contributed by atoms with Crippen LogP contribution in [0.5, 0.6) is 0 Å². The van der Waals surface area contributed by atoms with Crippen LogP contribution >= 0.6 is 0 Å². The maximum absolute atomic E-state index is 2.46. The summed E-state index contributed by atoms with van der Waals surface area (Å²) >= 11 is 0. The number of hydrogen-bond donors (Lipinski definition) is 0. The van der Waals surface area contributed by atoms with Crippen molar-refractivity contribution in [2.75, 3.05) is 36.0 Å². The van der Waals surface area contributed by atoms with E-state index in [1.165, 1.54) is 11.4 Å². The first-order chi connectivity index (χ1) is 8.93. The van der Waals surface area contributed by atoms with Crippen molar-refractivity contribution in [3.05, 3.63) is 60.7 Å². The first-order valence-electron chi connectivity index (χ1n) is 6.53. The summed E-state index contributed by atoms with van der Waals surface area (Å²) in [5.74, 6) is 0. The minimum Gasteiger partial charge on any atom is -0.368 e. The van der Waals surface area contributed by atoms with Crippen molar-refractivity contribution in [2.24, 2.45) is 0 Å². The molecule has 1 fully saturated rings. The van der Waals surface area contributed by atoms with Crippen LogP contribution in [0.15, 0.2) is 60.7 Å². The molecule has 1 heterocycles. The lowest BCUT2D eigenvalue weighted by molar-refractivity contribution is 0.653. The number of hydrogen-bond acceptors (Lipinski definition) is 2. The molecule has 18 heavy (non-hydrogen) atoms. The Hall–Kier alpha value is -1.96. The highest BCUT2D eigenvalue weighted by Gasteiger charge is 2.16. The van der Waals surface area contributed by atoms with Gasteiger partial charge in [0.15, 0.2) is 0 Å². The number of rotatable bonds is 2. The molecule has 3 rings (SSSR count). The smallest absolute Gasteiger partial charge is 0.0367 e. The maximum Gasteiger partial charge on any atom is 0.0367 e. The Morgan fingerprint density at radius 2 is 0.833 bits per heavy atom. The Morgan fingerprint density at radius 1 is 0.500 bits per heavy atom. The van der Waals surface area contributed by atoms with Crippen molar-refractivity contribution in [3.63, 3.8) is 0 Å². The lowest BCUT2D eigenvalue weighted by Gasteiger charge is -2.37. The summed E-state index contributed by atoms with van der Waals surface area (Å²) < 4.78 is 0. The molecule has 1 saturated heterocycles. The molecule has 2 aromatic rings. The largest absolute Gasteiger partial charge is 0.368 e. The van der Waals surface area contributed by atoms with Crippen molar-refractivity contribution in [3.8, 4) is 0 Å². The van der Waals surface area contributed by atoms with E-state index in [1.54, 1.807) is 0 Å². The fourth-order valence-corrected chi connectivity index (χ4v) is 2.50. The van der Waals surface area contributed by atoms with Gasteiger partial charge in [0.25, 0.3) is 0 Å². The highest BCUT2D eigenvalue weighted by atomic mass is 15.3. The maximum atomic E-state index is 2.46. The van der Waals surface area contributed by atoms with Gasteiger partial charge in [-0.1, -0.05) is 36.4 Å². The van der Waals surface area contributed by atoms with Crippen LogP contribution in [0.1, 0.15) is 0 Å². The predicted octanol–water partition coefficient (Wildman–Crippen LogP) is 3.01. The van der Waals surface area contributed by atoms with Crippen LogP contribution in [0.3, 0.4) is 0 Å². The summed E-state index contributed by atoms with van der Waals surface area (Å²) in [6.07, 6.45) is 0. The Balaban J connectivity index is 1.65. The Labute approximate surface area is 108 Å². The molecule has 0 aliphatic carbocycles. The summed E-state index contributed by atoms with van der Waals surface area (Å²) in [5.41, 5.74) is 2.68. The van der Waals surface area contributed by atoms with E-state index in [1.807, 2.05) is 0 Å². The van der Waals surface area contributed by atoms with Crippen LogP contribution in [0.4, 0.5) is 11.4 Å². The second-order valence-electron chi connectivity index (χ2n) is 4.65. The molecule has 2 heteroatoms. The molecular weight excluding hydrogens is 220 g/mol. The molecular formula is C16H18N2. The van der Waals surface area contributed by atoms with Gasteiger partial charge < -0.3 is 9.80 Å². The zero-order chi connectivity index (χ0) is 12.2. The van der Waals surface area contributed by atoms with E-state index < -0.39 is 0 Å². The number of para-hydroxylation sites is 2. The van der Waals surface area contributed by atoms with E-state index in [9.17, 15) is 0 Å². The Bertz CT molecular complexity index is 425. The van der Waals surface area contributed by atoms with Crippen molar-refractivity contribution in [2.45, 2.75) is 0 Å². The Kier molecular flexibility index (Phi) is 3.18. The predicted molar refractivity (Wildman–Crippen MR) is 77.3 cm³/mol. The summed E-state index contributed by atoms with van der Waals surface area (Å²) in [4.78, 5) is 4.92. The van der Waals surface area contributed by atoms with Crippen molar-refractivity contribution in [1.29, 1.82) is 0 Å². The van der Waals surface area contributed by atoms with E-state index in [-0.39, 0.29) is 0 Å². The summed E-state index contributed by atoms with van der Waals surface area (Å²) in [6, 6.07) is 21.4. The quantitative estimate of drug-likeness (QED) is 0.793. The van der Waals surface area contributed by atoms with Gasteiger partial charge in [0, 0.05) is 37.6 Å². The van der Waals surface area contributed by atoms with E-state index >= 15 is 0 Å². The van der Waals surface area contributed by atoms with Crippen LogP contribution in [0, 0.1) is 0 Å².